The van der Waals surface area contributed by atoms with Gasteiger partial charge in [0.25, 0.3) is 0 Å². The zero-order valence-electron chi connectivity index (χ0n) is 8.22. The Bertz CT molecular complexity index is 321. The number of hydrogen-bond donors (Lipinski definition) is 1. The highest BCUT2D eigenvalue weighted by Gasteiger charge is 2.18. The van der Waals surface area contributed by atoms with Gasteiger partial charge < -0.3 is 5.32 Å². The Balaban J connectivity index is 2.33. The maximum absolute atomic E-state index is 6.02. The van der Waals surface area contributed by atoms with Gasteiger partial charge in [0.1, 0.15) is 0 Å². The lowest BCUT2D eigenvalue weighted by Gasteiger charge is -2.14. The Labute approximate surface area is 94.2 Å². The summed E-state index contributed by atoms with van der Waals surface area (Å²) < 4.78 is 0. The molecule has 1 aromatic carbocycles. The molecule has 0 bridgehead atoms. The van der Waals surface area contributed by atoms with Crippen molar-refractivity contribution in [3.05, 3.63) is 28.8 Å². The van der Waals surface area contributed by atoms with Crippen molar-refractivity contribution in [2.24, 2.45) is 0 Å². The van der Waals surface area contributed by atoms with Crippen LogP contribution in [0.2, 0.25) is 5.02 Å². The first-order valence-corrected chi connectivity index (χ1v) is 6.48. The maximum Gasteiger partial charge on any atom is 0.0410 e. The van der Waals surface area contributed by atoms with Gasteiger partial charge in [-0.1, -0.05) is 11.6 Å². The quantitative estimate of drug-likeness (QED) is 0.777. The van der Waals surface area contributed by atoms with Crippen molar-refractivity contribution < 1.29 is 0 Å². The SMILES string of the molecule is CSc1ccc(Cl)cc1C1CCCN1. The van der Waals surface area contributed by atoms with Crippen LogP contribution in [0.1, 0.15) is 24.4 Å². The lowest BCUT2D eigenvalue weighted by molar-refractivity contribution is 0.636. The van der Waals surface area contributed by atoms with Crippen molar-refractivity contribution in [1.82, 2.24) is 5.32 Å². The topological polar surface area (TPSA) is 12.0 Å². The van der Waals surface area contributed by atoms with Crippen LogP contribution in [-0.4, -0.2) is 12.8 Å². The van der Waals surface area contributed by atoms with E-state index < -0.39 is 0 Å². The lowest BCUT2D eigenvalue weighted by Crippen LogP contribution is -2.13. The van der Waals surface area contributed by atoms with Crippen LogP contribution in [0.15, 0.2) is 23.1 Å². The molecule has 0 saturated carbocycles. The highest BCUT2D eigenvalue weighted by molar-refractivity contribution is 7.98. The van der Waals surface area contributed by atoms with Crippen LogP contribution < -0.4 is 5.32 Å². The smallest absolute Gasteiger partial charge is 0.0410 e. The third-order valence-corrected chi connectivity index (χ3v) is 3.67. The molecule has 0 spiro atoms. The summed E-state index contributed by atoms with van der Waals surface area (Å²) in [5.41, 5.74) is 1.36. The molecule has 1 aliphatic rings. The van der Waals surface area contributed by atoms with Crippen LogP contribution in [0.4, 0.5) is 0 Å². The number of halogens is 1. The summed E-state index contributed by atoms with van der Waals surface area (Å²) in [6, 6.07) is 6.68. The van der Waals surface area contributed by atoms with Crippen molar-refractivity contribution in [3.63, 3.8) is 0 Å². The van der Waals surface area contributed by atoms with Gasteiger partial charge in [-0.2, -0.15) is 0 Å². The number of thioether (sulfide) groups is 1. The third kappa shape index (κ3) is 2.08. The molecule has 2 rings (SSSR count). The Morgan fingerprint density at radius 3 is 3.00 bits per heavy atom. The minimum atomic E-state index is 0.510. The van der Waals surface area contributed by atoms with E-state index in [9.17, 15) is 0 Å². The fourth-order valence-corrected chi connectivity index (χ4v) is 2.75. The van der Waals surface area contributed by atoms with Gasteiger partial charge in [0.05, 0.1) is 0 Å². The van der Waals surface area contributed by atoms with Crippen LogP contribution in [0.5, 0.6) is 0 Å². The molecule has 1 aliphatic heterocycles. The summed E-state index contributed by atoms with van der Waals surface area (Å²) in [6.45, 7) is 1.13. The molecule has 76 valence electrons. The van der Waals surface area contributed by atoms with E-state index in [1.54, 1.807) is 11.8 Å². The molecule has 0 aromatic heterocycles. The second-order valence-electron chi connectivity index (χ2n) is 3.54. The highest BCUT2D eigenvalue weighted by atomic mass is 35.5. The molecular weight excluding hydrogens is 214 g/mol. The van der Waals surface area contributed by atoms with Crippen LogP contribution in [0, 0.1) is 0 Å². The standard InChI is InChI=1S/C11H14ClNS/c1-14-11-5-4-8(12)7-9(11)10-3-2-6-13-10/h4-5,7,10,13H,2-3,6H2,1H3. The molecule has 0 amide bonds. The van der Waals surface area contributed by atoms with Crippen molar-refractivity contribution in [3.8, 4) is 0 Å². The van der Waals surface area contributed by atoms with Crippen molar-refractivity contribution in [2.75, 3.05) is 12.8 Å². The van der Waals surface area contributed by atoms with Crippen molar-refractivity contribution >= 4 is 23.4 Å². The van der Waals surface area contributed by atoms with E-state index in [2.05, 4.69) is 23.7 Å². The highest BCUT2D eigenvalue weighted by Crippen LogP contribution is 2.32. The molecule has 3 heteroatoms. The Morgan fingerprint density at radius 2 is 2.36 bits per heavy atom. The van der Waals surface area contributed by atoms with Gasteiger partial charge in [-0.15, -0.1) is 11.8 Å². The van der Waals surface area contributed by atoms with E-state index in [-0.39, 0.29) is 0 Å². The summed E-state index contributed by atoms with van der Waals surface area (Å²) in [6.07, 6.45) is 4.61. The number of benzene rings is 1. The normalized spacial score (nSPS) is 21.4. The zero-order chi connectivity index (χ0) is 9.97. The van der Waals surface area contributed by atoms with Gasteiger partial charge in [0, 0.05) is 16.0 Å². The van der Waals surface area contributed by atoms with Crippen LogP contribution in [-0.2, 0) is 0 Å². The largest absolute Gasteiger partial charge is 0.310 e. The Hall–Kier alpha value is -0.180. The summed E-state index contributed by atoms with van der Waals surface area (Å²) in [5.74, 6) is 0. The number of rotatable bonds is 2. The van der Waals surface area contributed by atoms with Gasteiger partial charge in [-0.05, 0) is 49.4 Å². The monoisotopic (exact) mass is 227 g/mol. The molecule has 1 heterocycles. The van der Waals surface area contributed by atoms with E-state index in [1.807, 2.05) is 6.07 Å². The van der Waals surface area contributed by atoms with Crippen LogP contribution in [0.3, 0.4) is 0 Å². The number of nitrogens with one attached hydrogen (secondary N) is 1. The summed E-state index contributed by atoms with van der Waals surface area (Å²) in [5, 5.41) is 4.34. The Morgan fingerprint density at radius 1 is 1.50 bits per heavy atom. The molecule has 0 aliphatic carbocycles. The van der Waals surface area contributed by atoms with Gasteiger partial charge in [0.2, 0.25) is 0 Å². The molecule has 14 heavy (non-hydrogen) atoms. The molecular formula is C11H14ClNS. The van der Waals surface area contributed by atoms with E-state index in [0.29, 0.717) is 6.04 Å². The van der Waals surface area contributed by atoms with Crippen LogP contribution in [0.25, 0.3) is 0 Å². The van der Waals surface area contributed by atoms with Gasteiger partial charge in [0.15, 0.2) is 0 Å². The minimum Gasteiger partial charge on any atom is -0.310 e. The van der Waals surface area contributed by atoms with Gasteiger partial charge >= 0.3 is 0 Å². The lowest BCUT2D eigenvalue weighted by atomic mass is 10.1. The van der Waals surface area contributed by atoms with Gasteiger partial charge in [-0.3, -0.25) is 0 Å². The predicted octanol–water partition coefficient (Wildman–Crippen LogP) is 3.49. The minimum absolute atomic E-state index is 0.510. The fourth-order valence-electron chi connectivity index (χ4n) is 1.93. The number of hydrogen-bond acceptors (Lipinski definition) is 2. The average molecular weight is 228 g/mol. The first-order valence-electron chi connectivity index (χ1n) is 4.88. The Kier molecular flexibility index (Phi) is 3.37. The fraction of sp³-hybridized carbons (Fsp3) is 0.455. The van der Waals surface area contributed by atoms with Crippen molar-refractivity contribution in [2.45, 2.75) is 23.8 Å². The zero-order valence-corrected chi connectivity index (χ0v) is 9.79. The molecule has 1 nitrogen and oxygen atoms in total. The van der Waals surface area contributed by atoms with E-state index >= 15 is 0 Å². The average Bonchev–Trinajstić information content (AvgIpc) is 2.70. The second-order valence-corrected chi connectivity index (χ2v) is 4.82. The molecule has 1 N–H and O–H groups in total. The third-order valence-electron chi connectivity index (χ3n) is 2.63. The van der Waals surface area contributed by atoms with Crippen molar-refractivity contribution in [1.29, 1.82) is 0 Å². The molecule has 1 fully saturated rings. The molecule has 1 unspecified atom stereocenters. The van der Waals surface area contributed by atoms with Gasteiger partial charge in [-0.25, -0.2) is 0 Å². The summed E-state index contributed by atoms with van der Waals surface area (Å²) >= 11 is 7.81. The molecule has 1 atom stereocenters. The first-order chi connectivity index (χ1) is 6.81. The van der Waals surface area contributed by atoms with E-state index in [4.69, 9.17) is 11.6 Å². The molecule has 0 radical (unpaired) electrons. The van der Waals surface area contributed by atoms with E-state index in [1.165, 1.54) is 23.3 Å². The second kappa shape index (κ2) is 4.56. The molecule has 1 aromatic rings. The summed E-state index contributed by atoms with van der Waals surface area (Å²) in [7, 11) is 0. The maximum atomic E-state index is 6.02. The predicted molar refractivity (Wildman–Crippen MR) is 63.2 cm³/mol. The van der Waals surface area contributed by atoms with Crippen LogP contribution >= 0.6 is 23.4 Å². The van der Waals surface area contributed by atoms with E-state index in [0.717, 1.165) is 11.6 Å². The first kappa shape index (κ1) is 10.3. The summed E-state index contributed by atoms with van der Waals surface area (Å²) in [4.78, 5) is 1.34. The molecule has 1 saturated heterocycles.